The van der Waals surface area contributed by atoms with Gasteiger partial charge in [-0.3, -0.25) is 4.79 Å². The number of carbonyl (C=O) groups excluding carboxylic acids is 1. The molecule has 0 unspecified atom stereocenters. The van der Waals surface area contributed by atoms with Gasteiger partial charge in [-0.25, -0.2) is 8.42 Å². The summed E-state index contributed by atoms with van der Waals surface area (Å²) < 4.78 is 22.9. The van der Waals surface area contributed by atoms with Gasteiger partial charge in [-0.2, -0.15) is 0 Å². The second-order valence-electron chi connectivity index (χ2n) is 4.82. The third kappa shape index (κ3) is 3.33. The van der Waals surface area contributed by atoms with Crippen LogP contribution in [-0.2, 0) is 9.84 Å². The molecule has 5 nitrogen and oxygen atoms in total. The number of sulfone groups is 1. The number of carbonyl (C=O) groups is 1. The predicted molar refractivity (Wildman–Crippen MR) is 70.7 cm³/mol. The van der Waals surface area contributed by atoms with E-state index in [0.29, 0.717) is 31.5 Å². The second-order valence-corrected chi connectivity index (χ2v) is 6.84. The molecule has 1 aromatic carbocycles. The van der Waals surface area contributed by atoms with E-state index >= 15 is 0 Å². The van der Waals surface area contributed by atoms with Crippen molar-refractivity contribution in [3.8, 4) is 0 Å². The van der Waals surface area contributed by atoms with Gasteiger partial charge in [0.05, 0.1) is 11.0 Å². The van der Waals surface area contributed by atoms with Gasteiger partial charge < -0.3 is 10.0 Å². The summed E-state index contributed by atoms with van der Waals surface area (Å²) in [6, 6.07) is 6.07. The number of hydrogen-bond acceptors (Lipinski definition) is 4. The standard InChI is InChI=1S/C13H17NO4S/c1-19(17,18)12-4-2-3-10(9-12)13(16)14-7-5-11(15)6-8-14/h2-4,9,11,15H,5-8H2,1H3. The molecule has 1 saturated heterocycles. The Morgan fingerprint density at radius 1 is 1.32 bits per heavy atom. The van der Waals surface area contributed by atoms with Gasteiger partial charge in [0.2, 0.25) is 0 Å². The van der Waals surface area contributed by atoms with Crippen LogP contribution in [0.1, 0.15) is 23.2 Å². The highest BCUT2D eigenvalue weighted by molar-refractivity contribution is 7.90. The molecule has 1 fully saturated rings. The van der Waals surface area contributed by atoms with Crippen LogP contribution < -0.4 is 0 Å². The van der Waals surface area contributed by atoms with E-state index in [1.807, 2.05) is 0 Å². The average molecular weight is 283 g/mol. The summed E-state index contributed by atoms with van der Waals surface area (Å²) in [5.41, 5.74) is 0.374. The number of piperidine rings is 1. The number of amides is 1. The predicted octanol–water partition coefficient (Wildman–Crippen LogP) is 0.687. The fourth-order valence-corrected chi connectivity index (χ4v) is 2.78. The van der Waals surface area contributed by atoms with E-state index in [-0.39, 0.29) is 16.9 Å². The minimum atomic E-state index is -3.31. The lowest BCUT2D eigenvalue weighted by atomic mass is 10.1. The Balaban J connectivity index is 2.20. The van der Waals surface area contributed by atoms with Crippen molar-refractivity contribution >= 4 is 15.7 Å². The zero-order valence-corrected chi connectivity index (χ0v) is 11.6. The number of hydrogen-bond donors (Lipinski definition) is 1. The molecule has 0 atom stereocenters. The summed E-state index contributed by atoms with van der Waals surface area (Å²) in [7, 11) is -3.31. The SMILES string of the molecule is CS(=O)(=O)c1cccc(C(=O)N2CCC(O)CC2)c1. The first-order valence-electron chi connectivity index (χ1n) is 6.15. The molecule has 1 heterocycles. The average Bonchev–Trinajstić information content (AvgIpc) is 2.38. The summed E-state index contributed by atoms with van der Waals surface area (Å²) in [6.07, 6.45) is 1.91. The molecule has 0 radical (unpaired) electrons. The summed E-state index contributed by atoms with van der Waals surface area (Å²) in [5.74, 6) is -0.183. The zero-order chi connectivity index (χ0) is 14.0. The van der Waals surface area contributed by atoms with E-state index in [4.69, 9.17) is 0 Å². The highest BCUT2D eigenvalue weighted by Gasteiger charge is 2.22. The molecule has 1 aliphatic heterocycles. The molecule has 0 aliphatic carbocycles. The molecule has 1 N–H and O–H groups in total. The van der Waals surface area contributed by atoms with Gasteiger partial charge in [-0.1, -0.05) is 6.07 Å². The normalized spacial score (nSPS) is 17.5. The van der Waals surface area contributed by atoms with Gasteiger partial charge in [0, 0.05) is 24.9 Å². The van der Waals surface area contributed by atoms with Gasteiger partial charge in [0.25, 0.3) is 5.91 Å². The lowest BCUT2D eigenvalue weighted by Gasteiger charge is -2.29. The molecule has 0 aromatic heterocycles. The third-order valence-corrected chi connectivity index (χ3v) is 4.37. The molecule has 0 bridgehead atoms. The Labute approximate surface area is 112 Å². The van der Waals surface area contributed by atoms with Crippen LogP contribution in [0.2, 0.25) is 0 Å². The van der Waals surface area contributed by atoms with Gasteiger partial charge in [0.1, 0.15) is 0 Å². The zero-order valence-electron chi connectivity index (χ0n) is 10.7. The van der Waals surface area contributed by atoms with Gasteiger partial charge in [-0.15, -0.1) is 0 Å². The van der Waals surface area contributed by atoms with Crippen molar-refractivity contribution in [3.05, 3.63) is 29.8 Å². The number of benzene rings is 1. The lowest BCUT2D eigenvalue weighted by molar-refractivity contribution is 0.0546. The summed E-state index contributed by atoms with van der Waals surface area (Å²) in [5, 5.41) is 9.41. The van der Waals surface area contributed by atoms with Crippen molar-refractivity contribution in [2.24, 2.45) is 0 Å². The summed E-state index contributed by atoms with van der Waals surface area (Å²) >= 11 is 0. The maximum absolute atomic E-state index is 12.2. The van der Waals surface area contributed by atoms with Gasteiger partial charge in [-0.05, 0) is 31.0 Å². The number of nitrogens with zero attached hydrogens (tertiary/aromatic N) is 1. The summed E-state index contributed by atoms with van der Waals surface area (Å²) in [4.78, 5) is 14.0. The van der Waals surface area contributed by atoms with Crippen molar-refractivity contribution in [2.75, 3.05) is 19.3 Å². The molecule has 0 saturated carbocycles. The number of rotatable bonds is 2. The largest absolute Gasteiger partial charge is 0.393 e. The molecule has 1 amide bonds. The van der Waals surface area contributed by atoms with E-state index in [9.17, 15) is 18.3 Å². The van der Waals surface area contributed by atoms with Crippen LogP contribution in [0.5, 0.6) is 0 Å². The van der Waals surface area contributed by atoms with E-state index < -0.39 is 9.84 Å². The smallest absolute Gasteiger partial charge is 0.253 e. The molecule has 19 heavy (non-hydrogen) atoms. The Morgan fingerprint density at radius 3 is 2.53 bits per heavy atom. The fourth-order valence-electron chi connectivity index (χ4n) is 2.11. The summed E-state index contributed by atoms with van der Waals surface area (Å²) in [6.45, 7) is 1.01. The molecular formula is C13H17NO4S. The monoisotopic (exact) mass is 283 g/mol. The molecule has 1 aliphatic rings. The first-order chi connectivity index (χ1) is 8.88. The maximum atomic E-state index is 12.2. The van der Waals surface area contributed by atoms with Crippen molar-refractivity contribution in [1.82, 2.24) is 4.90 Å². The quantitative estimate of drug-likeness (QED) is 0.866. The molecule has 2 rings (SSSR count). The van der Waals surface area contributed by atoms with Crippen LogP contribution in [0.25, 0.3) is 0 Å². The van der Waals surface area contributed by atoms with Crippen molar-refractivity contribution in [1.29, 1.82) is 0 Å². The van der Waals surface area contributed by atoms with Crippen LogP contribution in [0.3, 0.4) is 0 Å². The highest BCUT2D eigenvalue weighted by atomic mass is 32.2. The number of aliphatic hydroxyl groups is 1. The highest BCUT2D eigenvalue weighted by Crippen LogP contribution is 2.16. The van der Waals surface area contributed by atoms with E-state index in [0.717, 1.165) is 6.26 Å². The topological polar surface area (TPSA) is 74.7 Å². The fraction of sp³-hybridized carbons (Fsp3) is 0.462. The van der Waals surface area contributed by atoms with Crippen LogP contribution >= 0.6 is 0 Å². The minimum absolute atomic E-state index is 0.149. The van der Waals surface area contributed by atoms with Crippen LogP contribution in [0.15, 0.2) is 29.2 Å². The Morgan fingerprint density at radius 2 is 1.95 bits per heavy atom. The van der Waals surface area contributed by atoms with Gasteiger partial charge >= 0.3 is 0 Å². The van der Waals surface area contributed by atoms with Gasteiger partial charge in [0.15, 0.2) is 9.84 Å². The first-order valence-corrected chi connectivity index (χ1v) is 8.04. The molecule has 0 spiro atoms. The van der Waals surface area contributed by atoms with E-state index in [2.05, 4.69) is 0 Å². The van der Waals surface area contributed by atoms with Crippen LogP contribution in [0.4, 0.5) is 0 Å². The molecule has 6 heteroatoms. The molecule has 104 valence electrons. The van der Waals surface area contributed by atoms with E-state index in [1.54, 1.807) is 17.0 Å². The van der Waals surface area contributed by atoms with Crippen molar-refractivity contribution in [2.45, 2.75) is 23.8 Å². The lowest BCUT2D eigenvalue weighted by Crippen LogP contribution is -2.40. The third-order valence-electron chi connectivity index (χ3n) is 3.26. The second kappa shape index (κ2) is 5.30. The molecule has 1 aromatic rings. The Kier molecular flexibility index (Phi) is 3.91. The van der Waals surface area contributed by atoms with Crippen molar-refractivity contribution in [3.63, 3.8) is 0 Å². The van der Waals surface area contributed by atoms with Crippen LogP contribution in [0, 0.1) is 0 Å². The molecular weight excluding hydrogens is 266 g/mol. The number of aliphatic hydroxyl groups excluding tert-OH is 1. The van der Waals surface area contributed by atoms with Crippen molar-refractivity contribution < 1.29 is 18.3 Å². The van der Waals surface area contributed by atoms with Crippen LogP contribution in [-0.4, -0.2) is 49.8 Å². The number of likely N-dealkylation sites (tertiary alicyclic amines) is 1. The first kappa shape index (κ1) is 14.0. The maximum Gasteiger partial charge on any atom is 0.253 e. The Bertz CT molecular complexity index is 574. The Hall–Kier alpha value is -1.40. The minimum Gasteiger partial charge on any atom is -0.393 e. The van der Waals surface area contributed by atoms with E-state index in [1.165, 1.54) is 12.1 Å².